The van der Waals surface area contributed by atoms with Gasteiger partial charge in [0, 0.05) is 22.5 Å². The van der Waals surface area contributed by atoms with Crippen LogP contribution in [0.25, 0.3) is 0 Å². The summed E-state index contributed by atoms with van der Waals surface area (Å²) >= 11 is 3.43. The number of carbonyl (C=O) groups is 1. The molecule has 0 bridgehead atoms. The lowest BCUT2D eigenvalue weighted by Crippen LogP contribution is -2.17. The Balaban J connectivity index is 2.44. The van der Waals surface area contributed by atoms with Gasteiger partial charge in [-0.3, -0.25) is 4.79 Å². The summed E-state index contributed by atoms with van der Waals surface area (Å²) in [5, 5.41) is 8.86. The number of nitrogens with two attached hydrogens (primary N) is 1. The first-order valence-corrected chi connectivity index (χ1v) is 6.86. The molecule has 5 nitrogen and oxygen atoms in total. The molecule has 1 aliphatic heterocycles. The summed E-state index contributed by atoms with van der Waals surface area (Å²) < 4.78 is 12.0. The van der Waals surface area contributed by atoms with Crippen LogP contribution >= 0.6 is 15.9 Å². The van der Waals surface area contributed by atoms with Crippen LogP contribution in [-0.4, -0.2) is 24.3 Å². The number of fused-ring (bicyclic) bond motifs is 1. The molecule has 0 fully saturated rings. The maximum absolute atomic E-state index is 10.8. The molecule has 6 heteroatoms. The van der Waals surface area contributed by atoms with Crippen LogP contribution in [0.1, 0.15) is 30.0 Å². The summed E-state index contributed by atoms with van der Waals surface area (Å²) in [4.78, 5) is 10.8. The Morgan fingerprint density at radius 1 is 1.53 bits per heavy atom. The van der Waals surface area contributed by atoms with Crippen molar-refractivity contribution >= 4 is 21.9 Å². The predicted molar refractivity (Wildman–Crippen MR) is 73.7 cm³/mol. The summed E-state index contributed by atoms with van der Waals surface area (Å²) in [7, 11) is 0. The van der Waals surface area contributed by atoms with Crippen LogP contribution in [0.5, 0.6) is 11.5 Å². The maximum atomic E-state index is 10.8. The quantitative estimate of drug-likeness (QED) is 0.889. The fourth-order valence-corrected chi connectivity index (χ4v) is 2.99. The third kappa shape index (κ3) is 3.01. The van der Waals surface area contributed by atoms with E-state index < -0.39 is 12.0 Å². The van der Waals surface area contributed by atoms with Gasteiger partial charge >= 0.3 is 5.97 Å². The summed E-state index contributed by atoms with van der Waals surface area (Å²) in [5.74, 6) is 0.413. The van der Waals surface area contributed by atoms with Gasteiger partial charge in [0.1, 0.15) is 0 Å². The van der Waals surface area contributed by atoms with Gasteiger partial charge in [-0.1, -0.05) is 15.9 Å². The van der Waals surface area contributed by atoms with Crippen molar-refractivity contribution in [1.29, 1.82) is 0 Å². The second-order valence-corrected chi connectivity index (χ2v) is 5.33. The fraction of sp³-hybridized carbons (Fsp3) is 0.462. The number of ether oxygens (including phenoxy) is 2. The van der Waals surface area contributed by atoms with Crippen LogP contribution in [0.15, 0.2) is 10.5 Å². The molecule has 19 heavy (non-hydrogen) atoms. The second-order valence-electron chi connectivity index (χ2n) is 4.48. The molecule has 0 amide bonds. The smallest absolute Gasteiger partial charge is 0.305 e. The SMILES string of the molecule is Cc1c2c(cc(Br)c1C(N)CC(=O)O)OCCCO2. The number of hydrogen-bond acceptors (Lipinski definition) is 4. The maximum Gasteiger partial charge on any atom is 0.305 e. The van der Waals surface area contributed by atoms with Crippen molar-refractivity contribution in [1.82, 2.24) is 0 Å². The highest BCUT2D eigenvalue weighted by atomic mass is 79.9. The monoisotopic (exact) mass is 329 g/mol. The molecule has 1 aromatic rings. The molecule has 0 radical (unpaired) electrons. The number of hydrogen-bond donors (Lipinski definition) is 2. The fourth-order valence-electron chi connectivity index (χ4n) is 2.19. The van der Waals surface area contributed by atoms with Crippen LogP contribution in [0.4, 0.5) is 0 Å². The van der Waals surface area contributed by atoms with Gasteiger partial charge in [-0.05, 0) is 18.6 Å². The zero-order valence-corrected chi connectivity index (χ0v) is 12.2. The zero-order chi connectivity index (χ0) is 14.0. The third-order valence-corrected chi connectivity index (χ3v) is 3.70. The van der Waals surface area contributed by atoms with Gasteiger partial charge in [0.05, 0.1) is 19.6 Å². The molecule has 0 spiro atoms. The van der Waals surface area contributed by atoms with E-state index in [0.717, 1.165) is 22.0 Å². The first kappa shape index (κ1) is 14.1. The molecule has 1 aromatic carbocycles. The Labute approximate surface area is 119 Å². The zero-order valence-electron chi connectivity index (χ0n) is 10.6. The predicted octanol–water partition coefficient (Wildman–Crippen LogP) is 2.39. The summed E-state index contributed by atoms with van der Waals surface area (Å²) in [5.41, 5.74) is 7.55. The lowest BCUT2D eigenvalue weighted by molar-refractivity contribution is -0.137. The third-order valence-electron chi connectivity index (χ3n) is 3.04. The average Bonchev–Trinajstić information content (AvgIpc) is 2.53. The van der Waals surface area contributed by atoms with E-state index in [1.807, 2.05) is 6.92 Å². The Kier molecular flexibility index (Phi) is 4.31. The van der Waals surface area contributed by atoms with Gasteiger partial charge in [0.15, 0.2) is 11.5 Å². The van der Waals surface area contributed by atoms with Crippen LogP contribution in [0.3, 0.4) is 0 Å². The first-order chi connectivity index (χ1) is 9.00. The van der Waals surface area contributed by atoms with E-state index in [9.17, 15) is 4.79 Å². The summed E-state index contributed by atoms with van der Waals surface area (Å²) in [6.45, 7) is 3.07. The van der Waals surface area contributed by atoms with Crippen molar-refractivity contribution in [2.45, 2.75) is 25.8 Å². The minimum Gasteiger partial charge on any atom is -0.490 e. The van der Waals surface area contributed by atoms with Gasteiger partial charge in [-0.25, -0.2) is 0 Å². The minimum absolute atomic E-state index is 0.126. The molecular weight excluding hydrogens is 314 g/mol. The van der Waals surface area contributed by atoms with Gasteiger partial charge < -0.3 is 20.3 Å². The molecule has 104 valence electrons. The lowest BCUT2D eigenvalue weighted by Gasteiger charge is -2.19. The highest BCUT2D eigenvalue weighted by Gasteiger charge is 2.23. The van der Waals surface area contributed by atoms with Crippen LogP contribution in [-0.2, 0) is 4.79 Å². The molecule has 1 atom stereocenters. The Bertz CT molecular complexity index is 504. The van der Waals surface area contributed by atoms with E-state index in [2.05, 4.69) is 15.9 Å². The molecule has 1 unspecified atom stereocenters. The van der Waals surface area contributed by atoms with Crippen molar-refractivity contribution in [3.63, 3.8) is 0 Å². The Morgan fingerprint density at radius 2 is 2.21 bits per heavy atom. The molecule has 0 aromatic heterocycles. The average molecular weight is 330 g/mol. The largest absolute Gasteiger partial charge is 0.490 e. The molecule has 2 rings (SSSR count). The van der Waals surface area contributed by atoms with Gasteiger partial charge in [-0.15, -0.1) is 0 Å². The summed E-state index contributed by atoms with van der Waals surface area (Å²) in [6.07, 6.45) is 0.696. The molecule has 3 N–H and O–H groups in total. The van der Waals surface area contributed by atoms with E-state index in [1.165, 1.54) is 0 Å². The molecule has 1 aliphatic rings. The lowest BCUT2D eigenvalue weighted by atomic mass is 9.98. The molecule has 0 aliphatic carbocycles. The standard InChI is InChI=1S/C13H16BrNO4/c1-7-12(9(15)6-11(16)17)8(14)5-10-13(7)19-4-2-3-18-10/h5,9H,2-4,6,15H2,1H3,(H,16,17). The Morgan fingerprint density at radius 3 is 2.89 bits per heavy atom. The number of aliphatic carboxylic acids is 1. The van der Waals surface area contributed by atoms with Crippen molar-refractivity contribution in [3.05, 3.63) is 21.7 Å². The molecule has 0 saturated heterocycles. The van der Waals surface area contributed by atoms with E-state index >= 15 is 0 Å². The summed E-state index contributed by atoms with van der Waals surface area (Å²) in [6, 6.07) is 1.22. The second kappa shape index (κ2) is 5.79. The van der Waals surface area contributed by atoms with Crippen LogP contribution < -0.4 is 15.2 Å². The number of rotatable bonds is 3. The molecule has 1 heterocycles. The molecule has 0 saturated carbocycles. The van der Waals surface area contributed by atoms with E-state index in [0.29, 0.717) is 24.7 Å². The van der Waals surface area contributed by atoms with Gasteiger partial charge in [0.2, 0.25) is 0 Å². The normalized spacial score (nSPS) is 15.7. The highest BCUT2D eigenvalue weighted by molar-refractivity contribution is 9.10. The van der Waals surface area contributed by atoms with Crippen molar-refractivity contribution in [3.8, 4) is 11.5 Å². The van der Waals surface area contributed by atoms with E-state index in [-0.39, 0.29) is 6.42 Å². The van der Waals surface area contributed by atoms with E-state index in [4.69, 9.17) is 20.3 Å². The Hall–Kier alpha value is -1.27. The van der Waals surface area contributed by atoms with Crippen LogP contribution in [0, 0.1) is 6.92 Å². The molecular formula is C13H16BrNO4. The van der Waals surface area contributed by atoms with Crippen LogP contribution in [0.2, 0.25) is 0 Å². The number of carboxylic acid groups (broad SMARTS) is 1. The number of benzene rings is 1. The minimum atomic E-state index is -0.925. The topological polar surface area (TPSA) is 81.8 Å². The van der Waals surface area contributed by atoms with Gasteiger partial charge in [-0.2, -0.15) is 0 Å². The number of carboxylic acids is 1. The first-order valence-electron chi connectivity index (χ1n) is 6.06. The van der Waals surface area contributed by atoms with Crippen molar-refractivity contribution < 1.29 is 19.4 Å². The van der Waals surface area contributed by atoms with E-state index in [1.54, 1.807) is 6.07 Å². The van der Waals surface area contributed by atoms with Crippen molar-refractivity contribution in [2.24, 2.45) is 5.73 Å². The van der Waals surface area contributed by atoms with Crippen molar-refractivity contribution in [2.75, 3.05) is 13.2 Å². The highest BCUT2D eigenvalue weighted by Crippen LogP contribution is 2.41. The number of halogens is 1. The van der Waals surface area contributed by atoms with Gasteiger partial charge in [0.25, 0.3) is 0 Å².